The normalized spacial score (nSPS) is 10.6. The number of ether oxygens (including phenoxy) is 3. The van der Waals surface area contributed by atoms with Gasteiger partial charge in [-0.2, -0.15) is 0 Å². The van der Waals surface area contributed by atoms with Crippen molar-refractivity contribution < 1.29 is 23.4 Å². The van der Waals surface area contributed by atoms with Gasteiger partial charge in [-0.25, -0.2) is 4.79 Å². The molecule has 28 heavy (non-hydrogen) atoms. The van der Waals surface area contributed by atoms with Crippen molar-refractivity contribution in [2.75, 3.05) is 26.6 Å². The molecule has 0 radical (unpaired) electrons. The number of hydrogen-bond acceptors (Lipinski definition) is 6. The Bertz CT molecular complexity index is 1130. The first-order chi connectivity index (χ1) is 13.4. The van der Waals surface area contributed by atoms with Gasteiger partial charge in [0.1, 0.15) is 17.1 Å². The zero-order valence-corrected chi connectivity index (χ0v) is 17.4. The number of fused-ring (bicyclic) bond motifs is 1. The standard InChI is InChI=1S/C19H15BrClNO6/c1-25-14-8-13(15(26-2)7-12(14)21)22-18(23)11-5-9-4-10(20)6-16(27-3)17(9)28-19(11)24/h4-8H,1-3H3,(H,22,23). The number of rotatable bonds is 5. The molecule has 0 bridgehead atoms. The number of methoxy groups -OCH3 is 3. The lowest BCUT2D eigenvalue weighted by Gasteiger charge is -2.13. The van der Waals surface area contributed by atoms with E-state index in [2.05, 4.69) is 21.2 Å². The van der Waals surface area contributed by atoms with Crippen LogP contribution in [0.1, 0.15) is 10.4 Å². The van der Waals surface area contributed by atoms with Crippen molar-refractivity contribution in [1.82, 2.24) is 0 Å². The molecule has 0 fully saturated rings. The highest BCUT2D eigenvalue weighted by molar-refractivity contribution is 9.10. The van der Waals surface area contributed by atoms with Crippen molar-refractivity contribution in [3.05, 3.63) is 55.8 Å². The van der Waals surface area contributed by atoms with Crippen LogP contribution in [0.15, 0.2) is 44.0 Å². The van der Waals surface area contributed by atoms with Gasteiger partial charge in [-0.15, -0.1) is 0 Å². The Morgan fingerprint density at radius 2 is 1.68 bits per heavy atom. The van der Waals surface area contributed by atoms with E-state index in [1.54, 1.807) is 12.1 Å². The molecular formula is C19H15BrClNO6. The van der Waals surface area contributed by atoms with Crippen molar-refractivity contribution in [3.8, 4) is 17.2 Å². The number of benzene rings is 2. The maximum atomic E-state index is 12.7. The van der Waals surface area contributed by atoms with Gasteiger partial charge in [0.2, 0.25) is 0 Å². The Morgan fingerprint density at radius 1 is 1.00 bits per heavy atom. The van der Waals surface area contributed by atoms with E-state index in [9.17, 15) is 9.59 Å². The Kier molecular flexibility index (Phi) is 5.81. The van der Waals surface area contributed by atoms with Gasteiger partial charge < -0.3 is 23.9 Å². The molecule has 0 spiro atoms. The number of carbonyl (C=O) groups is 1. The number of halogens is 2. The van der Waals surface area contributed by atoms with Gasteiger partial charge in [0, 0.05) is 22.0 Å². The van der Waals surface area contributed by atoms with E-state index in [-0.39, 0.29) is 11.1 Å². The molecule has 0 aliphatic rings. The van der Waals surface area contributed by atoms with E-state index in [1.807, 2.05) is 0 Å². The second kappa shape index (κ2) is 8.12. The van der Waals surface area contributed by atoms with Crippen molar-refractivity contribution >= 4 is 50.1 Å². The molecule has 0 saturated heterocycles. The maximum absolute atomic E-state index is 12.7. The molecule has 0 atom stereocenters. The summed E-state index contributed by atoms with van der Waals surface area (Å²) in [6, 6.07) is 7.81. The van der Waals surface area contributed by atoms with Crippen LogP contribution in [0, 0.1) is 0 Å². The van der Waals surface area contributed by atoms with Gasteiger partial charge in [0.15, 0.2) is 11.3 Å². The lowest BCUT2D eigenvalue weighted by atomic mass is 10.1. The summed E-state index contributed by atoms with van der Waals surface area (Å²) < 4.78 is 21.6. The highest BCUT2D eigenvalue weighted by atomic mass is 79.9. The number of hydrogen-bond donors (Lipinski definition) is 1. The van der Waals surface area contributed by atoms with E-state index in [0.717, 1.165) is 0 Å². The average Bonchev–Trinajstić information content (AvgIpc) is 2.68. The Labute approximate surface area is 173 Å². The van der Waals surface area contributed by atoms with Gasteiger partial charge in [-0.3, -0.25) is 4.79 Å². The van der Waals surface area contributed by atoms with Crippen LogP contribution in [0.5, 0.6) is 17.2 Å². The van der Waals surface area contributed by atoms with Crippen molar-refractivity contribution in [3.63, 3.8) is 0 Å². The monoisotopic (exact) mass is 467 g/mol. The molecule has 0 aliphatic heterocycles. The number of anilines is 1. The van der Waals surface area contributed by atoms with Gasteiger partial charge in [-0.05, 0) is 18.2 Å². The highest BCUT2D eigenvalue weighted by Crippen LogP contribution is 2.36. The van der Waals surface area contributed by atoms with Crippen LogP contribution in [0.25, 0.3) is 11.0 Å². The van der Waals surface area contributed by atoms with Crippen LogP contribution in [-0.2, 0) is 0 Å². The number of amides is 1. The fourth-order valence-corrected chi connectivity index (χ4v) is 3.31. The Morgan fingerprint density at radius 3 is 2.32 bits per heavy atom. The first-order valence-electron chi connectivity index (χ1n) is 7.92. The van der Waals surface area contributed by atoms with Gasteiger partial charge >= 0.3 is 5.63 Å². The summed E-state index contributed by atoms with van der Waals surface area (Å²) in [5.74, 6) is 0.362. The van der Waals surface area contributed by atoms with Crippen LogP contribution in [0.3, 0.4) is 0 Å². The summed E-state index contributed by atoms with van der Waals surface area (Å²) >= 11 is 9.42. The Hall–Kier alpha value is -2.71. The quantitative estimate of drug-likeness (QED) is 0.555. The fraction of sp³-hybridized carbons (Fsp3) is 0.158. The molecule has 1 N–H and O–H groups in total. The van der Waals surface area contributed by atoms with Crippen molar-refractivity contribution in [1.29, 1.82) is 0 Å². The topological polar surface area (TPSA) is 87.0 Å². The van der Waals surface area contributed by atoms with E-state index in [4.69, 9.17) is 30.2 Å². The molecule has 0 aliphatic carbocycles. The molecule has 1 heterocycles. The third-order valence-corrected chi connectivity index (χ3v) is 4.70. The van der Waals surface area contributed by atoms with Crippen molar-refractivity contribution in [2.24, 2.45) is 0 Å². The van der Waals surface area contributed by atoms with E-state index in [1.165, 1.54) is 39.5 Å². The molecule has 1 amide bonds. The Balaban J connectivity index is 2.05. The van der Waals surface area contributed by atoms with Crippen LogP contribution < -0.4 is 25.2 Å². The van der Waals surface area contributed by atoms with Crippen LogP contribution >= 0.6 is 27.5 Å². The molecular weight excluding hydrogens is 454 g/mol. The van der Waals surface area contributed by atoms with Crippen molar-refractivity contribution in [2.45, 2.75) is 0 Å². The van der Waals surface area contributed by atoms with Crippen LogP contribution in [0.4, 0.5) is 5.69 Å². The largest absolute Gasteiger partial charge is 0.495 e. The predicted molar refractivity (Wildman–Crippen MR) is 109 cm³/mol. The van der Waals surface area contributed by atoms with Gasteiger partial charge in [0.05, 0.1) is 32.0 Å². The fourth-order valence-electron chi connectivity index (χ4n) is 2.63. The zero-order valence-electron chi connectivity index (χ0n) is 15.1. The molecule has 2 aromatic carbocycles. The van der Waals surface area contributed by atoms with Crippen LogP contribution in [-0.4, -0.2) is 27.2 Å². The molecule has 9 heteroatoms. The third kappa shape index (κ3) is 3.79. The summed E-state index contributed by atoms with van der Waals surface area (Å²) in [6.45, 7) is 0. The molecule has 146 valence electrons. The first kappa shape index (κ1) is 20.0. The summed E-state index contributed by atoms with van der Waals surface area (Å²) in [4.78, 5) is 25.1. The minimum absolute atomic E-state index is 0.177. The minimum Gasteiger partial charge on any atom is -0.495 e. The number of nitrogens with one attached hydrogen (secondary N) is 1. The molecule has 1 aromatic heterocycles. The third-order valence-electron chi connectivity index (χ3n) is 3.95. The van der Waals surface area contributed by atoms with Gasteiger partial charge in [0.25, 0.3) is 5.91 Å². The number of carbonyl (C=O) groups excluding carboxylic acids is 1. The van der Waals surface area contributed by atoms with Crippen LogP contribution in [0.2, 0.25) is 5.02 Å². The summed E-state index contributed by atoms with van der Waals surface area (Å²) in [7, 11) is 4.34. The SMILES string of the molecule is COc1cc(NC(=O)c2cc3cc(Br)cc(OC)c3oc2=O)c(OC)cc1Cl. The highest BCUT2D eigenvalue weighted by Gasteiger charge is 2.19. The summed E-state index contributed by atoms with van der Waals surface area (Å²) in [5.41, 5.74) is -0.438. The lowest BCUT2D eigenvalue weighted by molar-refractivity contribution is 0.102. The smallest absolute Gasteiger partial charge is 0.349 e. The maximum Gasteiger partial charge on any atom is 0.349 e. The second-order valence-corrected chi connectivity index (χ2v) is 6.94. The zero-order chi connectivity index (χ0) is 20.4. The molecule has 7 nitrogen and oxygen atoms in total. The summed E-state index contributed by atoms with van der Waals surface area (Å²) in [5, 5.41) is 3.47. The second-order valence-electron chi connectivity index (χ2n) is 5.62. The molecule has 0 unspecified atom stereocenters. The lowest BCUT2D eigenvalue weighted by Crippen LogP contribution is -2.21. The first-order valence-corrected chi connectivity index (χ1v) is 9.09. The van der Waals surface area contributed by atoms with E-state index in [0.29, 0.717) is 37.8 Å². The molecule has 0 saturated carbocycles. The molecule has 3 rings (SSSR count). The predicted octanol–water partition coefficient (Wildman–Crippen LogP) is 4.49. The summed E-state index contributed by atoms with van der Waals surface area (Å²) in [6.07, 6.45) is 0. The van der Waals surface area contributed by atoms with Gasteiger partial charge in [-0.1, -0.05) is 27.5 Å². The van der Waals surface area contributed by atoms with E-state index < -0.39 is 11.5 Å². The van der Waals surface area contributed by atoms with E-state index >= 15 is 0 Å². The molecule has 3 aromatic rings. The minimum atomic E-state index is -0.800. The average molecular weight is 469 g/mol.